The van der Waals surface area contributed by atoms with E-state index >= 15 is 0 Å². The minimum atomic E-state index is -0.337. The van der Waals surface area contributed by atoms with Crippen LogP contribution >= 0.6 is 22.9 Å². The van der Waals surface area contributed by atoms with Crippen LogP contribution in [0.2, 0.25) is 5.02 Å². The van der Waals surface area contributed by atoms with Crippen LogP contribution in [0.5, 0.6) is 5.75 Å². The van der Waals surface area contributed by atoms with E-state index in [1.165, 1.54) is 10.4 Å². The summed E-state index contributed by atoms with van der Waals surface area (Å²) in [7, 11) is 0. The monoisotopic (exact) mass is 796 g/mol. The molecule has 1 N–H and O–H groups in total. The third-order valence-corrected chi connectivity index (χ3v) is 13.1. The van der Waals surface area contributed by atoms with Crippen molar-refractivity contribution in [1.82, 2.24) is 35.3 Å². The molecule has 0 radical (unpaired) electrons. The Morgan fingerprint density at radius 1 is 0.982 bits per heavy atom. The summed E-state index contributed by atoms with van der Waals surface area (Å²) in [6.07, 6.45) is 8.83. The molecule has 4 aromatic heterocycles. The van der Waals surface area contributed by atoms with Gasteiger partial charge in [0.05, 0.1) is 28.1 Å². The number of aromatic nitrogens is 6. The Morgan fingerprint density at radius 3 is 2.47 bits per heavy atom. The van der Waals surface area contributed by atoms with Crippen molar-refractivity contribution in [1.29, 1.82) is 5.26 Å². The first kappa shape index (κ1) is 37.0. The second-order valence-electron chi connectivity index (χ2n) is 15.4. The van der Waals surface area contributed by atoms with E-state index < -0.39 is 0 Å². The van der Waals surface area contributed by atoms with Crippen LogP contribution in [0.25, 0.3) is 5.00 Å². The van der Waals surface area contributed by atoms with Gasteiger partial charge in [0.25, 0.3) is 5.91 Å². The van der Waals surface area contributed by atoms with Crippen molar-refractivity contribution in [3.63, 3.8) is 0 Å². The highest BCUT2D eigenvalue weighted by Gasteiger charge is 2.51. The molecular formula is C43H41ClN10O2S. The summed E-state index contributed by atoms with van der Waals surface area (Å²) in [6.45, 7) is 7.96. The quantitative estimate of drug-likeness (QED) is 0.176. The number of aryl methyl sites for hydroxylation is 2. The van der Waals surface area contributed by atoms with Gasteiger partial charge in [0.15, 0.2) is 17.3 Å². The highest BCUT2D eigenvalue weighted by molar-refractivity contribution is 7.15. The molecule has 0 atom stereocenters. The van der Waals surface area contributed by atoms with E-state index in [4.69, 9.17) is 31.6 Å². The van der Waals surface area contributed by atoms with E-state index in [1.54, 1.807) is 35.6 Å². The first-order valence-corrected chi connectivity index (χ1v) is 20.7. The molecule has 1 spiro atoms. The molecule has 1 saturated heterocycles. The van der Waals surface area contributed by atoms with Gasteiger partial charge in [0, 0.05) is 53.3 Å². The Kier molecular flexibility index (Phi) is 9.75. The van der Waals surface area contributed by atoms with E-state index in [0.717, 1.165) is 109 Å². The molecule has 2 aliphatic carbocycles. The fourth-order valence-corrected chi connectivity index (χ4v) is 9.43. The molecule has 1 amide bonds. The Bertz CT molecular complexity index is 2490. The fraction of sp³-hybridized carbons (Fsp3) is 0.395. The van der Waals surface area contributed by atoms with Crippen LogP contribution in [0.3, 0.4) is 0 Å². The van der Waals surface area contributed by atoms with E-state index in [2.05, 4.69) is 79.1 Å². The van der Waals surface area contributed by atoms with Gasteiger partial charge in [-0.25, -0.2) is 0 Å². The molecule has 2 saturated carbocycles. The third kappa shape index (κ3) is 7.26. The maximum Gasteiger partial charge on any atom is 0.272 e. The van der Waals surface area contributed by atoms with Crippen LogP contribution in [-0.4, -0.2) is 66.8 Å². The zero-order valence-electron chi connectivity index (χ0n) is 32.0. The largest absolute Gasteiger partial charge is 0.490 e. The standard InChI is InChI=1S/C43H41ClN10O2S/c1-25-26(2)57-41-38(25)39(48-43(18-19-43)42-52-49-27(3)54(41)42)35-13-6-29(24-46-35)5-4-28-16-20-53(21-17-28)37-15-14-36(50-51-37)40(55)47-31-8-11-32(12-9-31)56-33-10-7-30(23-45)34(44)22-33/h6-7,10,13-15,22,24,28,31-32H,8-9,11-12,16-21H2,1-3H3,(H,47,55)/t31-,32-. The van der Waals surface area contributed by atoms with Crippen LogP contribution in [0.1, 0.15) is 106 Å². The van der Waals surface area contributed by atoms with Crippen LogP contribution < -0.4 is 15.0 Å². The number of fused-ring (bicyclic) bond motifs is 4. The lowest BCUT2D eigenvalue weighted by atomic mass is 9.93. The lowest BCUT2D eigenvalue weighted by molar-refractivity contribution is 0.0888. The van der Waals surface area contributed by atoms with Gasteiger partial charge in [0.1, 0.15) is 28.2 Å². The Morgan fingerprint density at radius 2 is 1.79 bits per heavy atom. The van der Waals surface area contributed by atoms with Crippen molar-refractivity contribution in [2.45, 2.75) is 89.8 Å². The molecule has 2 aliphatic heterocycles. The van der Waals surface area contributed by atoms with Gasteiger partial charge in [-0.2, -0.15) is 5.26 Å². The number of hydrogen-bond acceptors (Lipinski definition) is 11. The number of piperidine rings is 1. The summed E-state index contributed by atoms with van der Waals surface area (Å²) in [5, 5.41) is 31.4. The van der Waals surface area contributed by atoms with Crippen molar-refractivity contribution in [3.8, 4) is 28.7 Å². The molecule has 9 rings (SSSR count). The van der Waals surface area contributed by atoms with Gasteiger partial charge < -0.3 is 15.0 Å². The fourth-order valence-electron chi connectivity index (χ4n) is 8.01. The van der Waals surface area contributed by atoms with E-state index in [-0.39, 0.29) is 29.5 Å². The minimum Gasteiger partial charge on any atom is -0.490 e. The maximum absolute atomic E-state index is 13.0. The van der Waals surface area contributed by atoms with Crippen molar-refractivity contribution in [3.05, 3.63) is 104 Å². The van der Waals surface area contributed by atoms with Crippen LogP contribution in [0.15, 0.2) is 53.7 Å². The van der Waals surface area contributed by atoms with Crippen molar-refractivity contribution >= 4 is 40.4 Å². The zero-order chi connectivity index (χ0) is 39.3. The smallest absolute Gasteiger partial charge is 0.272 e. The van der Waals surface area contributed by atoms with Crippen molar-refractivity contribution < 1.29 is 9.53 Å². The average molecular weight is 797 g/mol. The first-order chi connectivity index (χ1) is 27.7. The molecule has 0 unspecified atom stereocenters. The van der Waals surface area contributed by atoms with Gasteiger partial charge in [-0.05, 0) is 114 Å². The number of nitriles is 1. The van der Waals surface area contributed by atoms with Gasteiger partial charge in [-0.3, -0.25) is 19.3 Å². The number of rotatable bonds is 6. The van der Waals surface area contributed by atoms with E-state index in [0.29, 0.717) is 22.0 Å². The lowest BCUT2D eigenvalue weighted by Gasteiger charge is -2.30. The number of ether oxygens (including phenoxy) is 1. The lowest BCUT2D eigenvalue weighted by Crippen LogP contribution is -2.40. The minimum absolute atomic E-state index is 0.0301. The SMILES string of the molecule is Cc1sc2c(c1C)C(c1ccc(C#CC3CCN(c4ccc(C(=O)N[C@H]5CC[C@H](Oc6ccc(C#N)c(Cl)c6)CC5)nn4)CC3)cn1)=NC1(CC1)c1nnc(C)n1-2. The van der Waals surface area contributed by atoms with Gasteiger partial charge in [0.2, 0.25) is 0 Å². The summed E-state index contributed by atoms with van der Waals surface area (Å²) < 4.78 is 8.30. The number of pyridine rings is 1. The van der Waals surface area contributed by atoms with Crippen LogP contribution in [-0.2, 0) is 5.54 Å². The van der Waals surface area contributed by atoms with Crippen LogP contribution in [0, 0.1) is 49.9 Å². The highest BCUT2D eigenvalue weighted by atomic mass is 35.5. The summed E-state index contributed by atoms with van der Waals surface area (Å²) in [4.78, 5) is 26.7. The number of amides is 1. The second kappa shape index (κ2) is 15.0. The zero-order valence-corrected chi connectivity index (χ0v) is 33.6. The molecular weight excluding hydrogens is 756 g/mol. The number of benzene rings is 1. The molecule has 3 fully saturated rings. The Balaban J connectivity index is 0.772. The maximum atomic E-state index is 13.0. The van der Waals surface area contributed by atoms with Gasteiger partial charge >= 0.3 is 0 Å². The number of nitrogens with zero attached hydrogens (tertiary/aromatic N) is 9. The number of nitrogens with one attached hydrogen (secondary N) is 1. The molecule has 1 aromatic carbocycles. The van der Waals surface area contributed by atoms with Gasteiger partial charge in [-0.15, -0.1) is 31.7 Å². The third-order valence-electron chi connectivity index (χ3n) is 11.6. The molecule has 288 valence electrons. The molecule has 0 bridgehead atoms. The summed E-state index contributed by atoms with van der Waals surface area (Å²) in [5.41, 5.74) is 5.41. The summed E-state index contributed by atoms with van der Waals surface area (Å²) in [5.74, 6) is 10.2. The topological polar surface area (TPSA) is 147 Å². The second-order valence-corrected chi connectivity index (χ2v) is 17.0. The predicted molar refractivity (Wildman–Crippen MR) is 218 cm³/mol. The molecule has 5 aromatic rings. The summed E-state index contributed by atoms with van der Waals surface area (Å²) in [6, 6.07) is 15.0. The first-order valence-electron chi connectivity index (χ1n) is 19.5. The van der Waals surface area contributed by atoms with Crippen molar-refractivity contribution in [2.24, 2.45) is 10.9 Å². The van der Waals surface area contributed by atoms with Crippen LogP contribution in [0.4, 0.5) is 5.82 Å². The number of anilines is 1. The predicted octanol–water partition coefficient (Wildman–Crippen LogP) is 7.19. The number of thiophene rings is 1. The molecule has 14 heteroatoms. The van der Waals surface area contributed by atoms with E-state index in [9.17, 15) is 4.79 Å². The number of aliphatic imine (C=N–C) groups is 1. The summed E-state index contributed by atoms with van der Waals surface area (Å²) >= 11 is 7.92. The number of halogens is 1. The molecule has 57 heavy (non-hydrogen) atoms. The highest BCUT2D eigenvalue weighted by Crippen LogP contribution is 2.53. The van der Waals surface area contributed by atoms with E-state index in [1.807, 2.05) is 19.2 Å². The molecule has 6 heterocycles. The van der Waals surface area contributed by atoms with Gasteiger partial charge in [-0.1, -0.05) is 23.4 Å². The number of carbonyl (C=O) groups excluding carboxylic acids is 1. The molecule has 12 nitrogen and oxygen atoms in total. The number of hydrogen-bond donors (Lipinski definition) is 1. The van der Waals surface area contributed by atoms with Crippen molar-refractivity contribution in [2.75, 3.05) is 18.0 Å². The molecule has 4 aliphatic rings. The Hall–Kier alpha value is -5.63. The normalized spacial score (nSPS) is 19.6. The Labute approximate surface area is 340 Å². The number of carbonyl (C=O) groups is 1. The average Bonchev–Trinajstić information content (AvgIpc) is 3.85.